The number of halogens is 1. The van der Waals surface area contributed by atoms with Gasteiger partial charge in [-0.3, -0.25) is 4.98 Å². The van der Waals surface area contributed by atoms with Crippen molar-refractivity contribution in [1.29, 1.82) is 0 Å². The number of hydrogen-bond donors (Lipinski definition) is 1. The number of hydrogen-bond acceptors (Lipinski definition) is 2. The van der Waals surface area contributed by atoms with Crippen molar-refractivity contribution in [2.75, 3.05) is 5.32 Å². The van der Waals surface area contributed by atoms with Gasteiger partial charge in [-0.15, -0.1) is 0 Å². The predicted octanol–water partition coefficient (Wildman–Crippen LogP) is 3.14. The molecule has 3 heteroatoms. The topological polar surface area (TPSA) is 24.9 Å². The van der Waals surface area contributed by atoms with E-state index in [1.54, 1.807) is 12.3 Å². The lowest BCUT2D eigenvalue weighted by Gasteiger charge is -2.08. The number of pyridine rings is 1. The van der Waals surface area contributed by atoms with Crippen molar-refractivity contribution < 1.29 is 4.39 Å². The third kappa shape index (κ3) is 2.57. The molecule has 2 nitrogen and oxygen atoms in total. The van der Waals surface area contributed by atoms with E-state index >= 15 is 0 Å². The van der Waals surface area contributed by atoms with E-state index in [2.05, 4.69) is 10.3 Å². The van der Waals surface area contributed by atoms with Crippen LogP contribution < -0.4 is 5.32 Å². The zero-order valence-electron chi connectivity index (χ0n) is 9.07. The van der Waals surface area contributed by atoms with Crippen molar-refractivity contribution in [2.24, 2.45) is 0 Å². The number of aryl methyl sites for hydroxylation is 1. The van der Waals surface area contributed by atoms with E-state index in [0.717, 1.165) is 11.3 Å². The van der Waals surface area contributed by atoms with Crippen molar-refractivity contribution in [3.8, 4) is 0 Å². The molecule has 2 rings (SSSR count). The molecule has 16 heavy (non-hydrogen) atoms. The monoisotopic (exact) mass is 216 g/mol. The molecule has 0 aliphatic rings. The molecule has 0 bridgehead atoms. The molecule has 1 heterocycles. The summed E-state index contributed by atoms with van der Waals surface area (Å²) < 4.78 is 12.9. The average molecular weight is 216 g/mol. The van der Waals surface area contributed by atoms with Crippen LogP contribution in [0.3, 0.4) is 0 Å². The molecule has 1 aromatic carbocycles. The van der Waals surface area contributed by atoms with Crippen LogP contribution in [0, 0.1) is 12.7 Å². The first-order chi connectivity index (χ1) is 7.75. The summed E-state index contributed by atoms with van der Waals surface area (Å²) in [4.78, 5) is 4.06. The van der Waals surface area contributed by atoms with Gasteiger partial charge in [0.15, 0.2) is 0 Å². The fourth-order valence-electron chi connectivity index (χ4n) is 1.48. The summed E-state index contributed by atoms with van der Waals surface area (Å²) >= 11 is 0. The minimum atomic E-state index is -0.229. The van der Waals surface area contributed by atoms with Crippen LogP contribution in [0.2, 0.25) is 0 Å². The van der Waals surface area contributed by atoms with Gasteiger partial charge in [0.2, 0.25) is 0 Å². The van der Waals surface area contributed by atoms with Gasteiger partial charge in [-0.25, -0.2) is 4.39 Å². The number of aromatic nitrogens is 1. The highest BCUT2D eigenvalue weighted by molar-refractivity contribution is 5.44. The average Bonchev–Trinajstić information content (AvgIpc) is 2.28. The fraction of sp³-hybridized carbons (Fsp3) is 0.154. The molecule has 0 saturated carbocycles. The number of rotatable bonds is 3. The molecule has 0 unspecified atom stereocenters. The summed E-state index contributed by atoms with van der Waals surface area (Å²) in [7, 11) is 0. The maximum absolute atomic E-state index is 12.9. The third-order valence-corrected chi connectivity index (χ3v) is 2.46. The molecule has 0 saturated heterocycles. The van der Waals surface area contributed by atoms with Crippen LogP contribution in [0.25, 0.3) is 0 Å². The van der Waals surface area contributed by atoms with E-state index in [9.17, 15) is 4.39 Å². The molecule has 1 N–H and O–H groups in total. The van der Waals surface area contributed by atoms with Crippen LogP contribution in [0.4, 0.5) is 10.1 Å². The zero-order chi connectivity index (χ0) is 11.4. The highest BCUT2D eigenvalue weighted by Gasteiger charge is 1.98. The Hall–Kier alpha value is -1.90. The standard InChI is InChI=1S/C13H13FN2/c1-10-5-6-15-8-11(10)9-16-13-4-2-3-12(14)7-13/h2-8,16H,9H2,1H3. The van der Waals surface area contributed by atoms with Gasteiger partial charge in [-0.1, -0.05) is 6.07 Å². The van der Waals surface area contributed by atoms with E-state index in [0.29, 0.717) is 6.54 Å². The Morgan fingerprint density at radius 2 is 2.19 bits per heavy atom. The smallest absolute Gasteiger partial charge is 0.125 e. The highest BCUT2D eigenvalue weighted by atomic mass is 19.1. The minimum absolute atomic E-state index is 0.229. The summed E-state index contributed by atoms with van der Waals surface area (Å²) in [6, 6.07) is 8.40. The minimum Gasteiger partial charge on any atom is -0.381 e. The first-order valence-corrected chi connectivity index (χ1v) is 5.14. The highest BCUT2D eigenvalue weighted by Crippen LogP contribution is 2.12. The summed E-state index contributed by atoms with van der Waals surface area (Å²) in [5.74, 6) is -0.229. The van der Waals surface area contributed by atoms with Crippen molar-refractivity contribution in [1.82, 2.24) is 4.98 Å². The Balaban J connectivity index is 2.05. The van der Waals surface area contributed by atoms with Crippen LogP contribution in [0.1, 0.15) is 11.1 Å². The molecule has 0 radical (unpaired) electrons. The number of anilines is 1. The molecule has 0 fully saturated rings. The van der Waals surface area contributed by atoms with Gasteiger partial charge in [0.1, 0.15) is 5.82 Å². The normalized spacial score (nSPS) is 10.1. The first kappa shape index (κ1) is 10.6. The van der Waals surface area contributed by atoms with Gasteiger partial charge in [0.25, 0.3) is 0 Å². The van der Waals surface area contributed by atoms with Crippen molar-refractivity contribution in [3.63, 3.8) is 0 Å². The van der Waals surface area contributed by atoms with Gasteiger partial charge in [-0.2, -0.15) is 0 Å². The van der Waals surface area contributed by atoms with Crippen LogP contribution in [0.15, 0.2) is 42.7 Å². The van der Waals surface area contributed by atoms with Gasteiger partial charge < -0.3 is 5.32 Å². The summed E-state index contributed by atoms with van der Waals surface area (Å²) in [6.07, 6.45) is 3.59. The Morgan fingerprint density at radius 3 is 2.94 bits per heavy atom. The molecule has 1 aromatic heterocycles. The summed E-state index contributed by atoms with van der Waals surface area (Å²) in [6.45, 7) is 2.69. The molecule has 0 aliphatic carbocycles. The van der Waals surface area contributed by atoms with Crippen molar-refractivity contribution in [3.05, 3.63) is 59.7 Å². The number of nitrogens with zero attached hydrogens (tertiary/aromatic N) is 1. The maximum atomic E-state index is 12.9. The number of benzene rings is 1. The van der Waals surface area contributed by atoms with E-state index in [4.69, 9.17) is 0 Å². The maximum Gasteiger partial charge on any atom is 0.125 e. The molecule has 0 spiro atoms. The van der Waals surface area contributed by atoms with Gasteiger partial charge in [-0.05, 0) is 42.3 Å². The lowest BCUT2D eigenvalue weighted by atomic mass is 10.1. The predicted molar refractivity (Wildman–Crippen MR) is 62.7 cm³/mol. The molecule has 0 amide bonds. The van der Waals surface area contributed by atoms with Crippen LogP contribution in [-0.2, 0) is 6.54 Å². The van der Waals surface area contributed by atoms with E-state index in [1.165, 1.54) is 17.7 Å². The molecular formula is C13H13FN2. The molecule has 2 aromatic rings. The second-order valence-electron chi connectivity index (χ2n) is 3.67. The lowest BCUT2D eigenvalue weighted by Crippen LogP contribution is -2.01. The van der Waals surface area contributed by atoms with Crippen molar-refractivity contribution >= 4 is 5.69 Å². The summed E-state index contributed by atoms with van der Waals surface area (Å²) in [5, 5.41) is 3.16. The van der Waals surface area contributed by atoms with Gasteiger partial charge in [0.05, 0.1) is 0 Å². The number of nitrogens with one attached hydrogen (secondary N) is 1. The second-order valence-corrected chi connectivity index (χ2v) is 3.67. The first-order valence-electron chi connectivity index (χ1n) is 5.14. The summed E-state index contributed by atoms with van der Waals surface area (Å²) in [5.41, 5.74) is 3.08. The molecule has 0 aliphatic heterocycles. The van der Waals surface area contributed by atoms with Crippen LogP contribution in [0.5, 0.6) is 0 Å². The Kier molecular flexibility index (Phi) is 3.15. The quantitative estimate of drug-likeness (QED) is 0.852. The third-order valence-electron chi connectivity index (χ3n) is 2.46. The van der Waals surface area contributed by atoms with E-state index < -0.39 is 0 Å². The Labute approximate surface area is 94.2 Å². The fourth-order valence-corrected chi connectivity index (χ4v) is 1.48. The Bertz CT molecular complexity index is 483. The zero-order valence-corrected chi connectivity index (χ0v) is 9.07. The Morgan fingerprint density at radius 1 is 1.31 bits per heavy atom. The SMILES string of the molecule is Cc1ccncc1CNc1cccc(F)c1. The van der Waals surface area contributed by atoms with E-state index in [-0.39, 0.29) is 5.82 Å². The molecule has 82 valence electrons. The van der Waals surface area contributed by atoms with Crippen LogP contribution >= 0.6 is 0 Å². The van der Waals surface area contributed by atoms with Crippen LogP contribution in [-0.4, -0.2) is 4.98 Å². The molecule has 0 atom stereocenters. The van der Waals surface area contributed by atoms with Crippen molar-refractivity contribution in [2.45, 2.75) is 13.5 Å². The molecular weight excluding hydrogens is 203 g/mol. The van der Waals surface area contributed by atoms with E-state index in [1.807, 2.05) is 25.3 Å². The lowest BCUT2D eigenvalue weighted by molar-refractivity contribution is 0.628. The second kappa shape index (κ2) is 4.75. The van der Waals surface area contributed by atoms with Gasteiger partial charge >= 0.3 is 0 Å². The largest absolute Gasteiger partial charge is 0.381 e. The van der Waals surface area contributed by atoms with Gasteiger partial charge in [0, 0.05) is 24.6 Å².